The van der Waals surface area contributed by atoms with E-state index in [1.165, 1.54) is 24.0 Å². The van der Waals surface area contributed by atoms with Gasteiger partial charge in [0, 0.05) is 27.2 Å². The molecule has 1 saturated heterocycles. The first-order chi connectivity index (χ1) is 15.1. The Morgan fingerprint density at radius 1 is 1.00 bits per heavy atom. The molecule has 1 unspecified atom stereocenters. The number of guanidine groups is 1. The van der Waals surface area contributed by atoms with Gasteiger partial charge in [-0.15, -0.1) is 24.0 Å². The first-order valence-electron chi connectivity index (χ1n) is 11.2. The summed E-state index contributed by atoms with van der Waals surface area (Å²) in [5.74, 6) is 0.676. The van der Waals surface area contributed by atoms with E-state index in [0.29, 0.717) is 5.96 Å². The number of likely N-dealkylation sites (tertiary alicyclic amines) is 1. The average molecular weight is 550 g/mol. The SMILES string of the molecule is CN(C)C(=O)CN=C(NCCc1ccccc1)NCC(c1ccccc1)N1CCCC1.I. The molecule has 1 heterocycles. The van der Waals surface area contributed by atoms with E-state index >= 15 is 0 Å². The molecule has 7 heteroatoms. The van der Waals surface area contributed by atoms with Crippen molar-refractivity contribution in [2.24, 2.45) is 4.99 Å². The number of halogens is 1. The van der Waals surface area contributed by atoms with Crippen LogP contribution in [0.25, 0.3) is 0 Å². The number of nitrogens with zero attached hydrogens (tertiary/aromatic N) is 3. The van der Waals surface area contributed by atoms with Crippen LogP contribution in [-0.4, -0.2) is 68.5 Å². The smallest absolute Gasteiger partial charge is 0.243 e. The number of aliphatic imine (C=N–C) groups is 1. The molecule has 0 saturated carbocycles. The molecule has 0 bridgehead atoms. The van der Waals surface area contributed by atoms with Crippen LogP contribution in [0.4, 0.5) is 0 Å². The molecule has 2 aromatic rings. The van der Waals surface area contributed by atoms with Crippen LogP contribution in [0.3, 0.4) is 0 Å². The van der Waals surface area contributed by atoms with E-state index in [0.717, 1.165) is 32.6 Å². The molecule has 174 valence electrons. The highest BCUT2D eigenvalue weighted by Crippen LogP contribution is 2.24. The van der Waals surface area contributed by atoms with Crippen LogP contribution in [0.2, 0.25) is 0 Å². The van der Waals surface area contributed by atoms with Crippen molar-refractivity contribution in [3.05, 3.63) is 71.8 Å². The molecule has 32 heavy (non-hydrogen) atoms. The van der Waals surface area contributed by atoms with E-state index in [9.17, 15) is 4.79 Å². The summed E-state index contributed by atoms with van der Waals surface area (Å²) in [7, 11) is 3.51. The number of amides is 1. The quantitative estimate of drug-likeness (QED) is 0.287. The number of likely N-dealkylation sites (N-methyl/N-ethyl adjacent to an activating group) is 1. The molecule has 1 amide bonds. The first-order valence-corrected chi connectivity index (χ1v) is 11.2. The summed E-state index contributed by atoms with van der Waals surface area (Å²) in [5, 5.41) is 6.91. The summed E-state index contributed by atoms with van der Waals surface area (Å²) in [4.78, 5) is 20.7. The van der Waals surface area contributed by atoms with Crippen LogP contribution >= 0.6 is 24.0 Å². The molecule has 6 nitrogen and oxygen atoms in total. The van der Waals surface area contributed by atoms with Crippen molar-refractivity contribution in [3.63, 3.8) is 0 Å². The molecule has 2 aromatic carbocycles. The van der Waals surface area contributed by atoms with Gasteiger partial charge in [0.05, 0.1) is 6.04 Å². The Morgan fingerprint density at radius 3 is 2.25 bits per heavy atom. The molecule has 0 aromatic heterocycles. The Hall–Kier alpha value is -2.13. The summed E-state index contributed by atoms with van der Waals surface area (Å²) in [6.45, 7) is 3.87. The predicted octanol–water partition coefficient (Wildman–Crippen LogP) is 3.31. The Labute approximate surface area is 209 Å². The van der Waals surface area contributed by atoms with Crippen molar-refractivity contribution in [2.75, 3.05) is 46.8 Å². The Morgan fingerprint density at radius 2 is 1.62 bits per heavy atom. The maximum absolute atomic E-state index is 12.1. The fourth-order valence-corrected chi connectivity index (χ4v) is 3.81. The van der Waals surface area contributed by atoms with Crippen molar-refractivity contribution in [1.29, 1.82) is 0 Å². The third kappa shape index (κ3) is 8.43. The number of hydrogen-bond donors (Lipinski definition) is 2. The van der Waals surface area contributed by atoms with Gasteiger partial charge in [-0.2, -0.15) is 0 Å². The fourth-order valence-electron chi connectivity index (χ4n) is 3.81. The van der Waals surface area contributed by atoms with Gasteiger partial charge in [-0.05, 0) is 43.5 Å². The van der Waals surface area contributed by atoms with Gasteiger partial charge >= 0.3 is 0 Å². The van der Waals surface area contributed by atoms with Crippen molar-refractivity contribution < 1.29 is 4.79 Å². The third-order valence-corrected chi connectivity index (χ3v) is 5.65. The largest absolute Gasteiger partial charge is 0.356 e. The van der Waals surface area contributed by atoms with Crippen LogP contribution in [0.1, 0.15) is 30.0 Å². The molecule has 0 spiro atoms. The van der Waals surface area contributed by atoms with Crippen LogP contribution in [-0.2, 0) is 11.2 Å². The molecule has 1 fully saturated rings. The van der Waals surface area contributed by atoms with Crippen LogP contribution in [0, 0.1) is 0 Å². The highest BCUT2D eigenvalue weighted by Gasteiger charge is 2.23. The van der Waals surface area contributed by atoms with E-state index in [-0.39, 0.29) is 42.5 Å². The summed E-state index contributed by atoms with van der Waals surface area (Å²) in [5.41, 5.74) is 2.59. The molecular formula is C25H36IN5O. The van der Waals surface area contributed by atoms with Gasteiger partial charge in [0.1, 0.15) is 6.54 Å². The minimum atomic E-state index is -0.0108. The van der Waals surface area contributed by atoms with Gasteiger partial charge in [-0.3, -0.25) is 9.69 Å². The lowest BCUT2D eigenvalue weighted by atomic mass is 10.1. The molecule has 1 aliphatic heterocycles. The maximum Gasteiger partial charge on any atom is 0.243 e. The Kier molecular flexibility index (Phi) is 11.5. The third-order valence-electron chi connectivity index (χ3n) is 5.65. The Balaban J connectivity index is 0.00000363. The number of carbonyl (C=O) groups is 1. The minimum Gasteiger partial charge on any atom is -0.356 e. The zero-order valence-corrected chi connectivity index (χ0v) is 21.5. The molecule has 1 atom stereocenters. The van der Waals surface area contributed by atoms with E-state index in [4.69, 9.17) is 0 Å². The van der Waals surface area contributed by atoms with E-state index < -0.39 is 0 Å². The highest BCUT2D eigenvalue weighted by atomic mass is 127. The second-order valence-electron chi connectivity index (χ2n) is 8.17. The van der Waals surface area contributed by atoms with Gasteiger partial charge in [0.15, 0.2) is 5.96 Å². The highest BCUT2D eigenvalue weighted by molar-refractivity contribution is 14.0. The number of rotatable bonds is 9. The number of hydrogen-bond acceptors (Lipinski definition) is 3. The molecular weight excluding hydrogens is 513 g/mol. The zero-order chi connectivity index (χ0) is 21.9. The molecule has 1 aliphatic rings. The number of nitrogens with one attached hydrogen (secondary N) is 2. The lowest BCUT2D eigenvalue weighted by Gasteiger charge is -2.29. The van der Waals surface area contributed by atoms with Crippen molar-refractivity contribution in [1.82, 2.24) is 20.4 Å². The zero-order valence-electron chi connectivity index (χ0n) is 19.2. The summed E-state index contributed by atoms with van der Waals surface area (Å²) in [6.07, 6.45) is 3.39. The van der Waals surface area contributed by atoms with Crippen LogP contribution < -0.4 is 10.6 Å². The van der Waals surface area contributed by atoms with Gasteiger partial charge in [0.25, 0.3) is 0 Å². The predicted molar refractivity (Wildman–Crippen MR) is 143 cm³/mol. The van der Waals surface area contributed by atoms with Crippen molar-refractivity contribution in [3.8, 4) is 0 Å². The van der Waals surface area contributed by atoms with E-state index in [1.54, 1.807) is 19.0 Å². The summed E-state index contributed by atoms with van der Waals surface area (Å²) in [6, 6.07) is 21.3. The minimum absolute atomic E-state index is 0. The Bertz CT molecular complexity index is 823. The number of carbonyl (C=O) groups excluding carboxylic acids is 1. The monoisotopic (exact) mass is 549 g/mol. The van der Waals surface area contributed by atoms with Gasteiger partial charge in [0.2, 0.25) is 5.91 Å². The van der Waals surface area contributed by atoms with E-state index in [1.807, 2.05) is 6.07 Å². The average Bonchev–Trinajstić information content (AvgIpc) is 3.33. The second-order valence-corrected chi connectivity index (χ2v) is 8.17. The molecule has 2 N–H and O–H groups in total. The maximum atomic E-state index is 12.1. The van der Waals surface area contributed by atoms with E-state index in [2.05, 4.69) is 75.1 Å². The van der Waals surface area contributed by atoms with Crippen LogP contribution in [0.15, 0.2) is 65.7 Å². The standard InChI is InChI=1S/C25H35N5O.HI/c1-29(2)24(31)20-28-25(26-16-15-21-11-5-3-6-12-21)27-19-23(30-17-9-10-18-30)22-13-7-4-8-14-22;/h3-8,11-14,23H,9-10,15-20H2,1-2H3,(H2,26,27,28);1H. The molecule has 0 aliphatic carbocycles. The second kappa shape index (κ2) is 14.1. The van der Waals surface area contributed by atoms with Gasteiger partial charge in [-0.1, -0.05) is 60.7 Å². The topological polar surface area (TPSA) is 60.0 Å². The first kappa shape index (κ1) is 26.1. The number of benzene rings is 2. The fraction of sp³-hybridized carbons (Fsp3) is 0.440. The van der Waals surface area contributed by atoms with Gasteiger partial charge < -0.3 is 15.5 Å². The lowest BCUT2D eigenvalue weighted by molar-refractivity contribution is -0.127. The van der Waals surface area contributed by atoms with Crippen molar-refractivity contribution in [2.45, 2.75) is 25.3 Å². The summed E-state index contributed by atoms with van der Waals surface area (Å²) < 4.78 is 0. The lowest BCUT2D eigenvalue weighted by Crippen LogP contribution is -2.43. The van der Waals surface area contributed by atoms with Crippen molar-refractivity contribution >= 4 is 35.8 Å². The normalized spacial score (nSPS) is 15.0. The molecule has 0 radical (unpaired) electrons. The summed E-state index contributed by atoms with van der Waals surface area (Å²) >= 11 is 0. The van der Waals surface area contributed by atoms with Gasteiger partial charge in [-0.25, -0.2) is 4.99 Å². The van der Waals surface area contributed by atoms with Crippen LogP contribution in [0.5, 0.6) is 0 Å². The molecule has 3 rings (SSSR count).